The van der Waals surface area contributed by atoms with Crippen molar-refractivity contribution in [3.05, 3.63) is 47.2 Å². The van der Waals surface area contributed by atoms with Gasteiger partial charge in [0.25, 0.3) is 5.91 Å². The Morgan fingerprint density at radius 2 is 1.95 bits per heavy atom. The molecular weight excluding hydrogens is 282 g/mol. The number of hydrogen-bond acceptors (Lipinski definition) is 5. The van der Waals surface area contributed by atoms with Crippen molar-refractivity contribution < 1.29 is 15.0 Å². The number of carbonyl (C=O) groups excluding carboxylic acids is 1. The van der Waals surface area contributed by atoms with Crippen molar-refractivity contribution in [3.63, 3.8) is 0 Å². The molecule has 0 radical (unpaired) electrons. The van der Waals surface area contributed by atoms with Crippen LogP contribution in [0.1, 0.15) is 11.1 Å². The lowest BCUT2D eigenvalue weighted by molar-refractivity contribution is -0.127. The third kappa shape index (κ3) is 5.20. The quantitative estimate of drug-likeness (QED) is 0.474. The molecule has 0 atom stereocenters. The Morgan fingerprint density at radius 1 is 1.32 bits per heavy atom. The highest BCUT2D eigenvalue weighted by molar-refractivity contribution is 5.97. The molecule has 0 aliphatic rings. The van der Waals surface area contributed by atoms with Crippen molar-refractivity contribution in [1.82, 2.24) is 10.2 Å². The van der Waals surface area contributed by atoms with Gasteiger partial charge >= 0.3 is 0 Å². The molecule has 1 aromatic rings. The molecule has 22 heavy (non-hydrogen) atoms. The van der Waals surface area contributed by atoms with Gasteiger partial charge < -0.3 is 20.4 Å². The summed E-state index contributed by atoms with van der Waals surface area (Å²) in [6.07, 6.45) is 1.37. The van der Waals surface area contributed by atoms with Gasteiger partial charge in [-0.3, -0.25) is 4.79 Å². The number of aliphatic hydroxyl groups is 2. The van der Waals surface area contributed by atoms with Crippen molar-refractivity contribution in [1.29, 1.82) is 5.26 Å². The molecule has 118 valence electrons. The summed E-state index contributed by atoms with van der Waals surface area (Å²) >= 11 is 0. The van der Waals surface area contributed by atoms with Gasteiger partial charge in [0.2, 0.25) is 0 Å². The number of aliphatic hydroxyl groups excluding tert-OH is 2. The average molecular weight is 303 g/mol. The number of nitrogens with zero attached hydrogens (tertiary/aromatic N) is 2. The Balaban J connectivity index is 2.71. The van der Waals surface area contributed by atoms with E-state index in [1.165, 1.54) is 11.1 Å². The van der Waals surface area contributed by atoms with Gasteiger partial charge in [-0.05, 0) is 18.1 Å². The first kappa shape index (κ1) is 17.7. The van der Waals surface area contributed by atoms with E-state index in [1.54, 1.807) is 0 Å². The molecule has 1 aromatic carbocycles. The van der Waals surface area contributed by atoms with Crippen LogP contribution in [-0.2, 0) is 11.3 Å². The Bertz CT molecular complexity index is 558. The first-order valence-corrected chi connectivity index (χ1v) is 7.03. The summed E-state index contributed by atoms with van der Waals surface area (Å²) in [7, 11) is 0. The molecule has 0 fully saturated rings. The molecule has 0 bridgehead atoms. The Kier molecular flexibility index (Phi) is 7.68. The predicted octanol–water partition coefficient (Wildman–Crippen LogP) is 0.305. The monoisotopic (exact) mass is 303 g/mol. The van der Waals surface area contributed by atoms with Crippen LogP contribution in [0.25, 0.3) is 0 Å². The van der Waals surface area contributed by atoms with Gasteiger partial charge in [-0.1, -0.05) is 24.3 Å². The van der Waals surface area contributed by atoms with E-state index in [9.17, 15) is 4.79 Å². The van der Waals surface area contributed by atoms with Crippen molar-refractivity contribution in [2.75, 3.05) is 26.3 Å². The van der Waals surface area contributed by atoms with Crippen LogP contribution in [0.2, 0.25) is 0 Å². The fourth-order valence-corrected chi connectivity index (χ4v) is 1.94. The number of nitriles is 1. The summed E-state index contributed by atoms with van der Waals surface area (Å²) in [5.74, 6) is -0.511. The molecule has 6 heteroatoms. The van der Waals surface area contributed by atoms with Crippen LogP contribution in [0.5, 0.6) is 0 Å². The molecule has 6 nitrogen and oxygen atoms in total. The Morgan fingerprint density at radius 3 is 2.50 bits per heavy atom. The van der Waals surface area contributed by atoms with Crippen LogP contribution in [0.4, 0.5) is 0 Å². The van der Waals surface area contributed by atoms with Crippen LogP contribution in [0.3, 0.4) is 0 Å². The summed E-state index contributed by atoms with van der Waals surface area (Å²) in [5.41, 5.74) is 2.14. The molecule has 0 saturated carbocycles. The van der Waals surface area contributed by atoms with E-state index < -0.39 is 5.91 Å². The second-order valence-electron chi connectivity index (χ2n) is 4.72. The van der Waals surface area contributed by atoms with E-state index in [1.807, 2.05) is 37.3 Å². The maximum absolute atomic E-state index is 12.1. The smallest absolute Gasteiger partial charge is 0.266 e. The fraction of sp³-hybridized carbons (Fsp3) is 0.375. The van der Waals surface area contributed by atoms with Gasteiger partial charge in [0.1, 0.15) is 11.6 Å². The average Bonchev–Trinajstić information content (AvgIpc) is 2.52. The second kappa shape index (κ2) is 9.55. The molecule has 0 aromatic heterocycles. The zero-order valence-electron chi connectivity index (χ0n) is 12.6. The number of benzene rings is 1. The Hall–Kier alpha value is -2.36. The molecule has 0 aliphatic heterocycles. The molecule has 3 N–H and O–H groups in total. The van der Waals surface area contributed by atoms with Crippen molar-refractivity contribution >= 4 is 5.91 Å². The van der Waals surface area contributed by atoms with Gasteiger partial charge in [-0.2, -0.15) is 5.26 Å². The zero-order chi connectivity index (χ0) is 16.4. The molecule has 0 unspecified atom stereocenters. The van der Waals surface area contributed by atoms with Crippen molar-refractivity contribution in [3.8, 4) is 6.07 Å². The summed E-state index contributed by atoms with van der Waals surface area (Å²) in [6, 6.07) is 9.67. The molecule has 0 aliphatic carbocycles. The van der Waals surface area contributed by atoms with Gasteiger partial charge in [0.15, 0.2) is 0 Å². The third-order valence-electron chi connectivity index (χ3n) is 3.18. The normalized spacial score (nSPS) is 10.9. The van der Waals surface area contributed by atoms with E-state index in [0.717, 1.165) is 11.1 Å². The molecular formula is C16H21N3O3. The lowest BCUT2D eigenvalue weighted by Crippen LogP contribution is -2.37. The highest BCUT2D eigenvalue weighted by Crippen LogP contribution is 2.06. The van der Waals surface area contributed by atoms with E-state index in [2.05, 4.69) is 5.32 Å². The number of rotatable bonds is 8. The first-order chi connectivity index (χ1) is 10.6. The molecule has 0 saturated heterocycles. The Labute approximate surface area is 130 Å². The van der Waals surface area contributed by atoms with Gasteiger partial charge in [-0.15, -0.1) is 0 Å². The standard InChI is InChI=1S/C16H21N3O3/c1-13-4-2-3-5-14(13)11-18-12-15(10-17)16(22)19(6-8-20)7-9-21/h2-5,12,18,20-21H,6-9,11H2,1H3/b15-12-. The number of amides is 1. The van der Waals surface area contributed by atoms with Crippen LogP contribution in [0.15, 0.2) is 36.0 Å². The molecule has 0 heterocycles. The summed E-state index contributed by atoms with van der Waals surface area (Å²) in [6.45, 7) is 2.21. The number of aryl methyl sites for hydroxylation is 1. The maximum Gasteiger partial charge on any atom is 0.266 e. The van der Waals surface area contributed by atoms with E-state index in [-0.39, 0.29) is 31.9 Å². The van der Waals surface area contributed by atoms with Gasteiger partial charge in [0.05, 0.1) is 13.2 Å². The van der Waals surface area contributed by atoms with E-state index in [0.29, 0.717) is 6.54 Å². The summed E-state index contributed by atoms with van der Waals surface area (Å²) in [4.78, 5) is 13.4. The van der Waals surface area contributed by atoms with Crippen molar-refractivity contribution in [2.45, 2.75) is 13.5 Å². The highest BCUT2D eigenvalue weighted by atomic mass is 16.3. The molecule has 1 rings (SSSR count). The minimum absolute atomic E-state index is 0.0597. The first-order valence-electron chi connectivity index (χ1n) is 7.03. The highest BCUT2D eigenvalue weighted by Gasteiger charge is 2.17. The second-order valence-corrected chi connectivity index (χ2v) is 4.72. The minimum Gasteiger partial charge on any atom is -0.395 e. The SMILES string of the molecule is Cc1ccccc1CN/C=C(/C#N)C(=O)N(CCO)CCO. The third-order valence-corrected chi connectivity index (χ3v) is 3.18. The minimum atomic E-state index is -0.511. The zero-order valence-corrected chi connectivity index (χ0v) is 12.6. The van der Waals surface area contributed by atoms with E-state index >= 15 is 0 Å². The van der Waals surface area contributed by atoms with Crippen LogP contribution in [-0.4, -0.2) is 47.3 Å². The summed E-state index contributed by atoms with van der Waals surface area (Å²) < 4.78 is 0. The lowest BCUT2D eigenvalue weighted by Gasteiger charge is -2.20. The van der Waals surface area contributed by atoms with Crippen LogP contribution < -0.4 is 5.32 Å². The summed E-state index contributed by atoms with van der Waals surface area (Å²) in [5, 5.41) is 29.9. The van der Waals surface area contributed by atoms with Gasteiger partial charge in [0, 0.05) is 25.8 Å². The lowest BCUT2D eigenvalue weighted by atomic mass is 10.1. The van der Waals surface area contributed by atoms with Crippen LogP contribution >= 0.6 is 0 Å². The number of hydrogen-bond donors (Lipinski definition) is 3. The molecule has 0 spiro atoms. The van der Waals surface area contributed by atoms with Gasteiger partial charge in [-0.25, -0.2) is 0 Å². The topological polar surface area (TPSA) is 96.6 Å². The fourth-order valence-electron chi connectivity index (χ4n) is 1.94. The number of carbonyl (C=O) groups is 1. The molecule has 1 amide bonds. The van der Waals surface area contributed by atoms with Crippen LogP contribution in [0, 0.1) is 18.3 Å². The maximum atomic E-state index is 12.1. The number of nitrogens with one attached hydrogen (secondary N) is 1. The van der Waals surface area contributed by atoms with Crippen molar-refractivity contribution in [2.24, 2.45) is 0 Å². The van der Waals surface area contributed by atoms with E-state index in [4.69, 9.17) is 15.5 Å². The largest absolute Gasteiger partial charge is 0.395 e. The predicted molar refractivity (Wildman–Crippen MR) is 82.5 cm³/mol.